The van der Waals surface area contributed by atoms with Crippen LogP contribution < -0.4 is 0 Å². The van der Waals surface area contributed by atoms with Gasteiger partial charge in [0.05, 0.1) is 0 Å². The third kappa shape index (κ3) is 4.32. The number of rotatable bonds is 7. The van der Waals surface area contributed by atoms with Crippen molar-refractivity contribution in [3.63, 3.8) is 0 Å². The van der Waals surface area contributed by atoms with Gasteiger partial charge in [0.25, 0.3) is 0 Å². The quantitative estimate of drug-likeness (QED) is 0.437. The summed E-state index contributed by atoms with van der Waals surface area (Å²) in [6, 6.07) is 30.8. The van der Waals surface area contributed by atoms with Crippen LogP contribution in [0.3, 0.4) is 0 Å². The average molecular weight is 368 g/mol. The highest BCUT2D eigenvalue weighted by Gasteiger charge is 2.15. The fourth-order valence-electron chi connectivity index (χ4n) is 3.55. The number of para-hydroxylation sites is 1. The fraction of sp³-hybridized carbons (Fsp3) is 0.160. The van der Waals surface area contributed by atoms with Crippen LogP contribution in [0.1, 0.15) is 17.5 Å². The Morgan fingerprint density at radius 3 is 1.93 bits per heavy atom. The number of hydrogen-bond donors (Lipinski definition) is 0. The van der Waals surface area contributed by atoms with Crippen LogP contribution in [-0.4, -0.2) is 15.4 Å². The first-order valence-corrected chi connectivity index (χ1v) is 9.69. The number of aryl methyl sites for hydroxylation is 1. The topological polar surface area (TPSA) is 25.2 Å². The molecule has 4 rings (SSSR count). The van der Waals surface area contributed by atoms with Gasteiger partial charge in [-0.25, -0.2) is 0 Å². The number of carbonyl (C=O) groups is 1. The van der Waals surface area contributed by atoms with Gasteiger partial charge in [-0.2, -0.15) is 0 Å². The predicted octanol–water partition coefficient (Wildman–Crippen LogP) is 5.26. The smallest absolute Gasteiger partial charge is 0.224 e. The Bertz CT molecular complexity index is 996. The molecule has 0 aliphatic rings. The van der Waals surface area contributed by atoms with Gasteiger partial charge in [-0.3, -0.25) is 4.79 Å². The number of amides is 1. The van der Waals surface area contributed by atoms with E-state index in [1.54, 1.807) is 0 Å². The molecule has 0 saturated heterocycles. The van der Waals surface area contributed by atoms with E-state index in [0.717, 1.165) is 11.1 Å². The van der Waals surface area contributed by atoms with Crippen molar-refractivity contribution in [1.29, 1.82) is 0 Å². The Hall–Kier alpha value is -3.33. The van der Waals surface area contributed by atoms with Crippen LogP contribution in [0.15, 0.2) is 97.2 Å². The summed E-state index contributed by atoms with van der Waals surface area (Å²) in [5.41, 5.74) is 3.48. The minimum atomic E-state index is 0.172. The lowest BCUT2D eigenvalue weighted by Gasteiger charge is -2.23. The molecular weight excluding hydrogens is 344 g/mol. The van der Waals surface area contributed by atoms with E-state index in [0.29, 0.717) is 26.1 Å². The number of hydrogen-bond acceptors (Lipinski definition) is 1. The first kappa shape index (κ1) is 18.1. The maximum absolute atomic E-state index is 13.1. The standard InChI is InChI=1S/C25H24N2O/c28-25(16-18-26-17-15-23-13-7-8-14-24(23)26)27(19-21-9-3-1-4-10-21)20-22-11-5-2-6-12-22/h1-15,17H,16,18-20H2. The molecule has 140 valence electrons. The predicted molar refractivity (Wildman–Crippen MR) is 114 cm³/mol. The number of aromatic nitrogens is 1. The first-order chi connectivity index (χ1) is 13.8. The molecule has 0 radical (unpaired) electrons. The summed E-state index contributed by atoms with van der Waals surface area (Å²) in [6.45, 7) is 1.94. The largest absolute Gasteiger partial charge is 0.347 e. The monoisotopic (exact) mass is 368 g/mol. The molecule has 0 spiro atoms. The van der Waals surface area contributed by atoms with Crippen LogP contribution in [0.5, 0.6) is 0 Å². The van der Waals surface area contributed by atoms with E-state index in [-0.39, 0.29) is 5.91 Å². The molecule has 4 aromatic rings. The summed E-state index contributed by atoms with van der Waals surface area (Å²) in [5.74, 6) is 0.172. The highest BCUT2D eigenvalue weighted by molar-refractivity contribution is 5.80. The molecule has 0 atom stereocenters. The molecular formula is C25H24N2O. The Balaban J connectivity index is 1.48. The molecule has 1 heterocycles. The van der Waals surface area contributed by atoms with Gasteiger partial charge in [-0.1, -0.05) is 78.9 Å². The number of benzene rings is 3. The summed E-state index contributed by atoms with van der Waals surface area (Å²) in [5, 5.41) is 1.21. The van der Waals surface area contributed by atoms with Gasteiger partial charge in [-0.15, -0.1) is 0 Å². The third-order valence-corrected chi connectivity index (χ3v) is 5.03. The molecule has 0 bridgehead atoms. The van der Waals surface area contributed by atoms with Crippen LogP contribution in [0, 0.1) is 0 Å². The molecule has 3 aromatic carbocycles. The molecule has 3 nitrogen and oxygen atoms in total. The Morgan fingerprint density at radius 1 is 0.714 bits per heavy atom. The zero-order valence-electron chi connectivity index (χ0n) is 15.9. The van der Waals surface area contributed by atoms with Crippen molar-refractivity contribution in [2.75, 3.05) is 0 Å². The van der Waals surface area contributed by atoms with Crippen LogP contribution in [0.25, 0.3) is 10.9 Å². The minimum absolute atomic E-state index is 0.172. The summed E-state index contributed by atoms with van der Waals surface area (Å²) in [6.07, 6.45) is 2.55. The van der Waals surface area contributed by atoms with Crippen LogP contribution >= 0.6 is 0 Å². The third-order valence-electron chi connectivity index (χ3n) is 5.03. The zero-order chi connectivity index (χ0) is 19.2. The normalized spacial score (nSPS) is 10.9. The maximum Gasteiger partial charge on any atom is 0.224 e. The number of fused-ring (bicyclic) bond motifs is 1. The molecule has 0 N–H and O–H groups in total. The van der Waals surface area contributed by atoms with Crippen LogP contribution in [-0.2, 0) is 24.4 Å². The highest BCUT2D eigenvalue weighted by Crippen LogP contribution is 2.17. The van der Waals surface area contributed by atoms with Crippen molar-refractivity contribution in [1.82, 2.24) is 9.47 Å². The minimum Gasteiger partial charge on any atom is -0.347 e. The van der Waals surface area contributed by atoms with Crippen molar-refractivity contribution in [2.24, 2.45) is 0 Å². The van der Waals surface area contributed by atoms with Gasteiger partial charge in [-0.05, 0) is 28.6 Å². The maximum atomic E-state index is 13.1. The second-order valence-corrected chi connectivity index (χ2v) is 7.04. The van der Waals surface area contributed by atoms with Gasteiger partial charge in [0.2, 0.25) is 5.91 Å². The zero-order valence-corrected chi connectivity index (χ0v) is 15.9. The lowest BCUT2D eigenvalue weighted by Crippen LogP contribution is -2.30. The first-order valence-electron chi connectivity index (χ1n) is 9.69. The van der Waals surface area contributed by atoms with E-state index in [1.807, 2.05) is 53.4 Å². The van der Waals surface area contributed by atoms with E-state index < -0.39 is 0 Å². The molecule has 1 aromatic heterocycles. The van der Waals surface area contributed by atoms with Gasteiger partial charge in [0.1, 0.15) is 0 Å². The number of carbonyl (C=O) groups excluding carboxylic acids is 1. The summed E-state index contributed by atoms with van der Waals surface area (Å²) < 4.78 is 2.16. The number of nitrogens with zero attached hydrogens (tertiary/aromatic N) is 2. The lowest BCUT2D eigenvalue weighted by atomic mass is 10.1. The second kappa shape index (κ2) is 8.57. The van der Waals surface area contributed by atoms with E-state index in [9.17, 15) is 4.79 Å². The van der Waals surface area contributed by atoms with Gasteiger partial charge in [0.15, 0.2) is 0 Å². The van der Waals surface area contributed by atoms with E-state index in [2.05, 4.69) is 53.2 Å². The van der Waals surface area contributed by atoms with Crippen molar-refractivity contribution in [3.05, 3.63) is 108 Å². The van der Waals surface area contributed by atoms with Gasteiger partial charge in [0, 0.05) is 37.8 Å². The van der Waals surface area contributed by atoms with Crippen LogP contribution in [0.2, 0.25) is 0 Å². The summed E-state index contributed by atoms with van der Waals surface area (Å²) in [4.78, 5) is 15.1. The Labute approximate surface area is 165 Å². The lowest BCUT2D eigenvalue weighted by molar-refractivity contribution is -0.132. The van der Waals surface area contributed by atoms with E-state index in [1.165, 1.54) is 10.9 Å². The molecule has 0 unspecified atom stereocenters. The molecule has 3 heteroatoms. The molecule has 0 saturated carbocycles. The van der Waals surface area contributed by atoms with Crippen molar-refractivity contribution < 1.29 is 4.79 Å². The molecule has 0 fully saturated rings. The van der Waals surface area contributed by atoms with Gasteiger partial charge < -0.3 is 9.47 Å². The molecule has 28 heavy (non-hydrogen) atoms. The SMILES string of the molecule is O=C(CCn1ccc2ccccc21)N(Cc1ccccc1)Cc1ccccc1. The summed E-state index contributed by atoms with van der Waals surface area (Å²) >= 11 is 0. The fourth-order valence-corrected chi connectivity index (χ4v) is 3.55. The summed E-state index contributed by atoms with van der Waals surface area (Å²) in [7, 11) is 0. The van der Waals surface area contributed by atoms with Crippen LogP contribution in [0.4, 0.5) is 0 Å². The average Bonchev–Trinajstić information content (AvgIpc) is 3.16. The van der Waals surface area contributed by atoms with Crippen molar-refractivity contribution in [2.45, 2.75) is 26.1 Å². The molecule has 1 amide bonds. The Morgan fingerprint density at radius 2 is 1.29 bits per heavy atom. The van der Waals surface area contributed by atoms with Crippen molar-refractivity contribution in [3.8, 4) is 0 Å². The van der Waals surface area contributed by atoms with Crippen molar-refractivity contribution >= 4 is 16.8 Å². The Kier molecular flexibility index (Phi) is 5.53. The van der Waals surface area contributed by atoms with E-state index >= 15 is 0 Å². The highest BCUT2D eigenvalue weighted by atomic mass is 16.2. The second-order valence-electron chi connectivity index (χ2n) is 7.04. The molecule has 0 aliphatic carbocycles. The van der Waals surface area contributed by atoms with E-state index in [4.69, 9.17) is 0 Å². The van der Waals surface area contributed by atoms with Gasteiger partial charge >= 0.3 is 0 Å². The molecule has 0 aliphatic heterocycles.